The molecule has 0 saturated heterocycles. The van der Waals surface area contributed by atoms with Crippen molar-refractivity contribution in [3.05, 3.63) is 24.4 Å². The van der Waals surface area contributed by atoms with Crippen LogP contribution in [0.2, 0.25) is 0 Å². The Morgan fingerprint density at radius 3 is 3.20 bits per heavy atom. The monoisotopic (exact) mass is 136 g/mol. The third kappa shape index (κ3) is 2.05. The Morgan fingerprint density at radius 1 is 1.70 bits per heavy atom. The van der Waals surface area contributed by atoms with Crippen molar-refractivity contribution >= 4 is 0 Å². The highest BCUT2D eigenvalue weighted by Crippen LogP contribution is 2.02. The maximum Gasteiger partial charge on any atom is 0.213 e. The van der Waals surface area contributed by atoms with Crippen molar-refractivity contribution in [2.24, 2.45) is 0 Å². The Morgan fingerprint density at radius 2 is 2.60 bits per heavy atom. The van der Waals surface area contributed by atoms with Gasteiger partial charge in [0.05, 0.1) is 12.8 Å². The van der Waals surface area contributed by atoms with E-state index in [2.05, 4.69) is 18.1 Å². The van der Waals surface area contributed by atoms with Crippen LogP contribution in [-0.4, -0.2) is 11.6 Å². The van der Waals surface area contributed by atoms with Gasteiger partial charge in [0.25, 0.3) is 0 Å². The summed E-state index contributed by atoms with van der Waals surface area (Å²) in [5.74, 6) is 0.657. The van der Waals surface area contributed by atoms with Gasteiger partial charge in [-0.25, -0.2) is 4.98 Å². The molecule has 53 valence electrons. The lowest BCUT2D eigenvalue weighted by molar-refractivity contribution is 0.305. The van der Waals surface area contributed by atoms with Crippen LogP contribution in [0, 0.1) is 6.20 Å². The number of nitrogens with zero attached hydrogens (tertiary/aromatic N) is 1. The fourth-order valence-electron chi connectivity index (χ4n) is 0.599. The minimum absolute atomic E-state index is 0.657. The van der Waals surface area contributed by atoms with Crippen LogP contribution in [0.15, 0.2) is 18.2 Å². The van der Waals surface area contributed by atoms with Gasteiger partial charge >= 0.3 is 0 Å². The van der Waals surface area contributed by atoms with Crippen molar-refractivity contribution in [2.45, 2.75) is 13.3 Å². The van der Waals surface area contributed by atoms with E-state index in [0.29, 0.717) is 5.88 Å². The van der Waals surface area contributed by atoms with Gasteiger partial charge in [0.1, 0.15) is 0 Å². The summed E-state index contributed by atoms with van der Waals surface area (Å²) in [7, 11) is 0. The third-order valence-corrected chi connectivity index (χ3v) is 1.04. The molecule has 0 unspecified atom stereocenters. The second-order valence-electron chi connectivity index (χ2n) is 1.95. The standard InChI is InChI=1S/C8H10NO/c1-2-7-10-8-5-3-4-6-9-8/h3-5H,2,7H2,1H3. The van der Waals surface area contributed by atoms with Crippen LogP contribution in [0.25, 0.3) is 0 Å². The predicted octanol–water partition coefficient (Wildman–Crippen LogP) is 1.67. The first-order valence-corrected chi connectivity index (χ1v) is 3.39. The third-order valence-electron chi connectivity index (χ3n) is 1.04. The lowest BCUT2D eigenvalue weighted by Gasteiger charge is -1.99. The molecular formula is C8H10NO. The summed E-state index contributed by atoms with van der Waals surface area (Å²) >= 11 is 0. The summed E-state index contributed by atoms with van der Waals surface area (Å²) in [5, 5.41) is 0. The Balaban J connectivity index is 2.43. The minimum atomic E-state index is 0.657. The van der Waals surface area contributed by atoms with Crippen molar-refractivity contribution < 1.29 is 4.74 Å². The summed E-state index contributed by atoms with van der Waals surface area (Å²) in [5.41, 5.74) is 0. The molecule has 2 heteroatoms. The number of pyridine rings is 1. The van der Waals surface area contributed by atoms with Crippen molar-refractivity contribution in [2.75, 3.05) is 6.61 Å². The van der Waals surface area contributed by atoms with Gasteiger partial charge < -0.3 is 4.74 Å². The molecule has 0 bridgehead atoms. The lowest BCUT2D eigenvalue weighted by atomic mass is 10.5. The van der Waals surface area contributed by atoms with Crippen LogP contribution in [0.1, 0.15) is 13.3 Å². The molecule has 0 spiro atoms. The summed E-state index contributed by atoms with van der Waals surface area (Å²) in [6.07, 6.45) is 3.71. The molecule has 0 aliphatic rings. The maximum atomic E-state index is 5.21. The fourth-order valence-corrected chi connectivity index (χ4v) is 0.599. The fraction of sp³-hybridized carbons (Fsp3) is 0.375. The number of hydrogen-bond acceptors (Lipinski definition) is 2. The van der Waals surface area contributed by atoms with E-state index in [9.17, 15) is 0 Å². The minimum Gasteiger partial charge on any atom is -0.478 e. The van der Waals surface area contributed by atoms with Gasteiger partial charge in [-0.3, -0.25) is 0 Å². The molecule has 10 heavy (non-hydrogen) atoms. The highest BCUT2D eigenvalue weighted by atomic mass is 16.5. The Bertz CT molecular complexity index is 174. The Labute approximate surface area is 60.9 Å². The molecule has 0 aliphatic heterocycles. The molecule has 0 amide bonds. The summed E-state index contributed by atoms with van der Waals surface area (Å²) in [6, 6.07) is 5.43. The van der Waals surface area contributed by atoms with Gasteiger partial charge in [0.15, 0.2) is 0 Å². The van der Waals surface area contributed by atoms with E-state index in [1.165, 1.54) is 0 Å². The Hall–Kier alpha value is -1.05. The zero-order valence-corrected chi connectivity index (χ0v) is 6.00. The lowest BCUT2D eigenvalue weighted by Crippen LogP contribution is -1.95. The van der Waals surface area contributed by atoms with E-state index in [0.717, 1.165) is 13.0 Å². The average Bonchev–Trinajstić information content (AvgIpc) is 2.03. The van der Waals surface area contributed by atoms with E-state index >= 15 is 0 Å². The molecule has 0 aromatic carbocycles. The smallest absolute Gasteiger partial charge is 0.213 e. The summed E-state index contributed by atoms with van der Waals surface area (Å²) in [6.45, 7) is 2.79. The van der Waals surface area contributed by atoms with Gasteiger partial charge in [-0.2, -0.15) is 0 Å². The van der Waals surface area contributed by atoms with E-state index in [4.69, 9.17) is 4.74 Å². The largest absolute Gasteiger partial charge is 0.478 e. The van der Waals surface area contributed by atoms with Gasteiger partial charge in [-0.1, -0.05) is 13.0 Å². The van der Waals surface area contributed by atoms with Crippen molar-refractivity contribution in [3.63, 3.8) is 0 Å². The first-order valence-electron chi connectivity index (χ1n) is 3.39. The van der Waals surface area contributed by atoms with Crippen LogP contribution >= 0.6 is 0 Å². The number of ether oxygens (including phenoxy) is 1. The van der Waals surface area contributed by atoms with E-state index in [-0.39, 0.29) is 0 Å². The maximum absolute atomic E-state index is 5.21. The number of hydrogen-bond donors (Lipinski definition) is 0. The first kappa shape index (κ1) is 7.06. The van der Waals surface area contributed by atoms with E-state index in [1.807, 2.05) is 12.1 Å². The second-order valence-corrected chi connectivity index (χ2v) is 1.95. The molecule has 1 rings (SSSR count). The van der Waals surface area contributed by atoms with Crippen LogP contribution in [-0.2, 0) is 0 Å². The van der Waals surface area contributed by atoms with E-state index in [1.54, 1.807) is 6.07 Å². The van der Waals surface area contributed by atoms with Crippen LogP contribution < -0.4 is 4.74 Å². The molecular weight excluding hydrogens is 126 g/mol. The molecule has 0 saturated carbocycles. The molecule has 1 aromatic rings. The second kappa shape index (κ2) is 3.88. The van der Waals surface area contributed by atoms with Crippen molar-refractivity contribution in [1.82, 2.24) is 4.98 Å². The Kier molecular flexibility index (Phi) is 2.74. The van der Waals surface area contributed by atoms with Crippen LogP contribution in [0.3, 0.4) is 0 Å². The van der Waals surface area contributed by atoms with Crippen molar-refractivity contribution in [3.8, 4) is 5.88 Å². The van der Waals surface area contributed by atoms with E-state index < -0.39 is 0 Å². The number of rotatable bonds is 3. The molecule has 0 aliphatic carbocycles. The molecule has 0 fully saturated rings. The van der Waals surface area contributed by atoms with Gasteiger partial charge in [-0.05, 0) is 12.5 Å². The van der Waals surface area contributed by atoms with Gasteiger partial charge in [-0.15, -0.1) is 0 Å². The molecule has 2 nitrogen and oxygen atoms in total. The molecule has 1 radical (unpaired) electrons. The van der Waals surface area contributed by atoms with Gasteiger partial charge in [0.2, 0.25) is 5.88 Å². The molecule has 1 heterocycles. The molecule has 0 N–H and O–H groups in total. The first-order chi connectivity index (χ1) is 4.93. The zero-order valence-electron chi connectivity index (χ0n) is 6.00. The average molecular weight is 136 g/mol. The highest BCUT2D eigenvalue weighted by Gasteiger charge is 1.88. The normalized spacial score (nSPS) is 9.30. The summed E-state index contributed by atoms with van der Waals surface area (Å²) in [4.78, 5) is 3.87. The summed E-state index contributed by atoms with van der Waals surface area (Å²) < 4.78 is 5.21. The molecule has 0 atom stereocenters. The topological polar surface area (TPSA) is 22.1 Å². The van der Waals surface area contributed by atoms with Gasteiger partial charge in [0, 0.05) is 6.07 Å². The molecule has 1 aromatic heterocycles. The highest BCUT2D eigenvalue weighted by molar-refractivity contribution is 5.08. The SMILES string of the molecule is CCCOc1ccc[c]n1. The van der Waals surface area contributed by atoms with Crippen molar-refractivity contribution in [1.29, 1.82) is 0 Å². The quantitative estimate of drug-likeness (QED) is 0.630. The zero-order chi connectivity index (χ0) is 7.23. The van der Waals surface area contributed by atoms with Crippen LogP contribution in [0.5, 0.6) is 5.88 Å². The predicted molar refractivity (Wildman–Crippen MR) is 38.9 cm³/mol. The number of aromatic nitrogens is 1. The van der Waals surface area contributed by atoms with Crippen LogP contribution in [0.4, 0.5) is 0 Å².